The molecule has 0 atom stereocenters. The molecule has 3 heteroatoms. The van der Waals surface area contributed by atoms with Gasteiger partial charge in [0.05, 0.1) is 13.2 Å². The van der Waals surface area contributed by atoms with Crippen molar-refractivity contribution >= 4 is 5.78 Å². The number of carbonyl (C=O) groups excluding carboxylic acids is 1. The number of rotatable bonds is 2. The SMILES string of the molecule is CCc1ccc(C(=O)C#CN2CCOCC2)cc1. The van der Waals surface area contributed by atoms with Gasteiger partial charge in [-0.25, -0.2) is 0 Å². The topological polar surface area (TPSA) is 29.5 Å². The first-order valence-corrected chi connectivity index (χ1v) is 6.27. The molecule has 1 aromatic rings. The minimum atomic E-state index is -0.121. The fourth-order valence-corrected chi connectivity index (χ4v) is 1.77. The maximum atomic E-state index is 11.9. The standard InChI is InChI=1S/C15H17NO2/c1-2-13-3-5-14(6-4-13)15(17)7-8-16-9-11-18-12-10-16/h3-6H,2,9-12H2,1H3. The van der Waals surface area contributed by atoms with Gasteiger partial charge in [-0.05, 0) is 17.9 Å². The number of ether oxygens (including phenoxy) is 1. The fourth-order valence-electron chi connectivity index (χ4n) is 1.77. The Hall–Kier alpha value is -1.79. The van der Waals surface area contributed by atoms with Gasteiger partial charge in [0.1, 0.15) is 0 Å². The first-order valence-electron chi connectivity index (χ1n) is 6.27. The van der Waals surface area contributed by atoms with Crippen molar-refractivity contribution in [1.29, 1.82) is 0 Å². The summed E-state index contributed by atoms with van der Waals surface area (Å²) >= 11 is 0. The number of hydrogen-bond acceptors (Lipinski definition) is 3. The van der Waals surface area contributed by atoms with Crippen LogP contribution in [0.25, 0.3) is 0 Å². The normalized spacial score (nSPS) is 14.8. The van der Waals surface area contributed by atoms with E-state index in [1.165, 1.54) is 5.56 Å². The molecule has 0 N–H and O–H groups in total. The second-order valence-electron chi connectivity index (χ2n) is 4.22. The molecule has 0 unspecified atom stereocenters. The summed E-state index contributed by atoms with van der Waals surface area (Å²) in [6.07, 6.45) is 0.980. The molecule has 0 aliphatic carbocycles. The van der Waals surface area contributed by atoms with Crippen LogP contribution in [0.4, 0.5) is 0 Å². The second-order valence-corrected chi connectivity index (χ2v) is 4.22. The van der Waals surface area contributed by atoms with E-state index in [-0.39, 0.29) is 5.78 Å². The number of carbonyl (C=O) groups is 1. The molecule has 0 radical (unpaired) electrons. The average molecular weight is 243 g/mol. The van der Waals surface area contributed by atoms with Gasteiger partial charge in [0.25, 0.3) is 0 Å². The molecule has 1 saturated heterocycles. The average Bonchev–Trinajstić information content (AvgIpc) is 2.46. The lowest BCUT2D eigenvalue weighted by Gasteiger charge is -2.22. The molecule has 0 spiro atoms. The summed E-state index contributed by atoms with van der Waals surface area (Å²) in [7, 11) is 0. The van der Waals surface area contributed by atoms with Crippen LogP contribution in [0.1, 0.15) is 22.8 Å². The van der Waals surface area contributed by atoms with Crippen molar-refractivity contribution in [3.05, 3.63) is 35.4 Å². The number of hydrogen-bond donors (Lipinski definition) is 0. The third-order valence-electron chi connectivity index (χ3n) is 2.96. The van der Waals surface area contributed by atoms with Gasteiger partial charge in [0.15, 0.2) is 0 Å². The van der Waals surface area contributed by atoms with E-state index in [0.29, 0.717) is 18.8 Å². The van der Waals surface area contributed by atoms with Crippen molar-refractivity contribution in [2.24, 2.45) is 0 Å². The second kappa shape index (κ2) is 6.23. The Morgan fingerprint density at radius 1 is 1.28 bits per heavy atom. The van der Waals surface area contributed by atoms with Crippen molar-refractivity contribution in [3.8, 4) is 12.0 Å². The molecule has 0 aromatic heterocycles. The molecule has 18 heavy (non-hydrogen) atoms. The van der Waals surface area contributed by atoms with Gasteiger partial charge in [-0.1, -0.05) is 31.2 Å². The summed E-state index contributed by atoms with van der Waals surface area (Å²) in [4.78, 5) is 13.8. The molecule has 0 amide bonds. The van der Waals surface area contributed by atoms with Crippen LogP contribution in [-0.4, -0.2) is 37.0 Å². The van der Waals surface area contributed by atoms with Crippen molar-refractivity contribution in [3.63, 3.8) is 0 Å². The molecule has 2 rings (SSSR count). The van der Waals surface area contributed by atoms with E-state index in [1.54, 1.807) is 0 Å². The van der Waals surface area contributed by atoms with Crippen LogP contribution >= 0.6 is 0 Å². The number of aryl methyl sites for hydroxylation is 1. The predicted molar refractivity (Wildman–Crippen MR) is 70.3 cm³/mol. The van der Waals surface area contributed by atoms with Crippen LogP contribution in [0.2, 0.25) is 0 Å². The van der Waals surface area contributed by atoms with Crippen molar-refractivity contribution in [2.75, 3.05) is 26.3 Å². The number of ketones is 1. The summed E-state index contributed by atoms with van der Waals surface area (Å²) in [5, 5.41) is 0. The smallest absolute Gasteiger partial charge is 0.237 e. The summed E-state index contributed by atoms with van der Waals surface area (Å²) in [5.41, 5.74) is 1.89. The Morgan fingerprint density at radius 2 is 1.94 bits per heavy atom. The van der Waals surface area contributed by atoms with Crippen LogP contribution < -0.4 is 0 Å². The zero-order valence-corrected chi connectivity index (χ0v) is 10.6. The molecular weight excluding hydrogens is 226 g/mol. The summed E-state index contributed by atoms with van der Waals surface area (Å²) in [5.74, 6) is 2.57. The largest absolute Gasteiger partial charge is 0.378 e. The molecule has 1 aromatic carbocycles. The molecule has 0 saturated carbocycles. The van der Waals surface area contributed by atoms with Gasteiger partial charge >= 0.3 is 0 Å². The summed E-state index contributed by atoms with van der Waals surface area (Å²) in [6, 6.07) is 10.5. The van der Waals surface area contributed by atoms with E-state index in [0.717, 1.165) is 19.5 Å². The summed E-state index contributed by atoms with van der Waals surface area (Å²) < 4.78 is 5.22. The molecule has 1 fully saturated rings. The van der Waals surface area contributed by atoms with Crippen LogP contribution in [0.3, 0.4) is 0 Å². The van der Waals surface area contributed by atoms with E-state index in [1.807, 2.05) is 29.2 Å². The van der Waals surface area contributed by atoms with E-state index >= 15 is 0 Å². The Morgan fingerprint density at radius 3 is 2.56 bits per heavy atom. The first-order chi connectivity index (χ1) is 8.79. The highest BCUT2D eigenvalue weighted by Gasteiger charge is 2.06. The number of Topliss-reactive ketones (excluding diaryl/α,β-unsaturated/α-hetero) is 1. The molecule has 1 aliphatic rings. The van der Waals surface area contributed by atoms with Crippen molar-refractivity contribution in [2.45, 2.75) is 13.3 Å². The highest BCUT2D eigenvalue weighted by atomic mass is 16.5. The maximum absolute atomic E-state index is 11.9. The van der Waals surface area contributed by atoms with Crippen LogP contribution in [-0.2, 0) is 11.2 Å². The van der Waals surface area contributed by atoms with E-state index in [4.69, 9.17) is 4.74 Å². The van der Waals surface area contributed by atoms with Gasteiger partial charge in [-0.2, -0.15) is 0 Å². The monoisotopic (exact) mass is 243 g/mol. The quantitative estimate of drug-likeness (QED) is 0.585. The molecular formula is C15H17NO2. The Balaban J connectivity index is 2.00. The van der Waals surface area contributed by atoms with Crippen LogP contribution in [0.5, 0.6) is 0 Å². The molecule has 1 aliphatic heterocycles. The van der Waals surface area contributed by atoms with Gasteiger partial charge in [-0.15, -0.1) is 0 Å². The van der Waals surface area contributed by atoms with E-state index in [2.05, 4.69) is 18.9 Å². The minimum absolute atomic E-state index is 0.121. The summed E-state index contributed by atoms with van der Waals surface area (Å²) in [6.45, 7) is 5.02. The maximum Gasteiger partial charge on any atom is 0.237 e. The number of morpholine rings is 1. The van der Waals surface area contributed by atoms with Crippen molar-refractivity contribution in [1.82, 2.24) is 4.90 Å². The van der Waals surface area contributed by atoms with Crippen LogP contribution in [0.15, 0.2) is 24.3 Å². The van der Waals surface area contributed by atoms with Gasteiger partial charge < -0.3 is 9.64 Å². The lowest BCUT2D eigenvalue weighted by Crippen LogP contribution is -2.32. The molecule has 0 bridgehead atoms. The fraction of sp³-hybridized carbons (Fsp3) is 0.400. The Bertz CT molecular complexity index is 462. The predicted octanol–water partition coefficient (Wildman–Crippen LogP) is 1.72. The molecule has 3 nitrogen and oxygen atoms in total. The van der Waals surface area contributed by atoms with E-state index in [9.17, 15) is 4.79 Å². The van der Waals surface area contributed by atoms with Crippen LogP contribution in [0, 0.1) is 12.0 Å². The molecule has 1 heterocycles. The van der Waals surface area contributed by atoms with Gasteiger partial charge in [0.2, 0.25) is 5.78 Å². The highest BCUT2D eigenvalue weighted by Crippen LogP contribution is 2.05. The van der Waals surface area contributed by atoms with Gasteiger partial charge in [-0.3, -0.25) is 4.79 Å². The number of benzene rings is 1. The Labute approximate surface area is 108 Å². The Kier molecular flexibility index (Phi) is 4.38. The van der Waals surface area contributed by atoms with E-state index < -0.39 is 0 Å². The first kappa shape index (κ1) is 12.7. The molecule has 94 valence electrons. The zero-order valence-electron chi connectivity index (χ0n) is 10.6. The lowest BCUT2D eigenvalue weighted by molar-refractivity contribution is 0.0637. The zero-order chi connectivity index (χ0) is 12.8. The minimum Gasteiger partial charge on any atom is -0.378 e. The number of nitrogens with zero attached hydrogens (tertiary/aromatic N) is 1. The highest BCUT2D eigenvalue weighted by molar-refractivity contribution is 6.08. The van der Waals surface area contributed by atoms with Crippen molar-refractivity contribution < 1.29 is 9.53 Å². The lowest BCUT2D eigenvalue weighted by atomic mass is 10.1. The van der Waals surface area contributed by atoms with Gasteiger partial charge in [0, 0.05) is 24.7 Å². The third kappa shape index (κ3) is 3.35. The third-order valence-corrected chi connectivity index (χ3v) is 2.96.